The minimum Gasteiger partial charge on any atom is -0.492 e. The maximum atomic E-state index is 12.9. The lowest BCUT2D eigenvalue weighted by Crippen LogP contribution is -2.35. The molecular formula is C25H23F3N4O. The van der Waals surface area contributed by atoms with Crippen molar-refractivity contribution >= 4 is 11.0 Å². The Bertz CT molecular complexity index is 1300. The summed E-state index contributed by atoms with van der Waals surface area (Å²) in [7, 11) is 1.99. The number of hydrogen-bond donors (Lipinski definition) is 1. The number of halogens is 3. The number of hydrogen-bond acceptors (Lipinski definition) is 4. The Morgan fingerprint density at radius 1 is 1.03 bits per heavy atom. The van der Waals surface area contributed by atoms with Gasteiger partial charge in [-0.3, -0.25) is 4.90 Å². The van der Waals surface area contributed by atoms with E-state index in [4.69, 9.17) is 15.5 Å². The van der Waals surface area contributed by atoms with E-state index < -0.39 is 17.9 Å². The van der Waals surface area contributed by atoms with Crippen LogP contribution in [0.3, 0.4) is 0 Å². The van der Waals surface area contributed by atoms with Gasteiger partial charge in [-0.1, -0.05) is 30.3 Å². The third-order valence-electron chi connectivity index (χ3n) is 6.13. The average Bonchev–Trinajstić information content (AvgIpc) is 3.03. The van der Waals surface area contributed by atoms with Gasteiger partial charge in [0.2, 0.25) is 0 Å². The molecule has 1 unspecified atom stereocenters. The molecule has 5 rings (SSSR count). The quantitative estimate of drug-likeness (QED) is 0.469. The Balaban J connectivity index is 1.44. The first-order chi connectivity index (χ1) is 15.8. The molecule has 33 heavy (non-hydrogen) atoms. The second-order valence-corrected chi connectivity index (χ2v) is 8.17. The molecule has 0 radical (unpaired) electrons. The van der Waals surface area contributed by atoms with Gasteiger partial charge < -0.3 is 15.0 Å². The topological polar surface area (TPSA) is 56.3 Å². The Morgan fingerprint density at radius 2 is 1.76 bits per heavy atom. The molecule has 2 N–H and O–H groups in total. The number of nitrogens with two attached hydrogens (primary N) is 1. The lowest BCUT2D eigenvalue weighted by molar-refractivity contribution is -0.137. The zero-order chi connectivity index (χ0) is 23.2. The van der Waals surface area contributed by atoms with Crippen LogP contribution in [0.25, 0.3) is 22.2 Å². The summed E-state index contributed by atoms with van der Waals surface area (Å²) in [5.74, 6) is 1.58. The monoisotopic (exact) mass is 452 g/mol. The van der Waals surface area contributed by atoms with Gasteiger partial charge in [-0.25, -0.2) is 4.98 Å². The van der Waals surface area contributed by atoms with Gasteiger partial charge in [0, 0.05) is 19.2 Å². The third kappa shape index (κ3) is 4.07. The van der Waals surface area contributed by atoms with Crippen LogP contribution in [0.15, 0.2) is 66.7 Å². The summed E-state index contributed by atoms with van der Waals surface area (Å²) in [4.78, 5) is 6.85. The molecule has 1 aliphatic heterocycles. The second-order valence-electron chi connectivity index (χ2n) is 8.17. The highest BCUT2D eigenvalue weighted by Gasteiger charge is 2.30. The molecule has 8 heteroatoms. The van der Waals surface area contributed by atoms with Gasteiger partial charge in [-0.05, 0) is 47.5 Å². The first kappa shape index (κ1) is 21.5. The molecule has 1 atom stereocenters. The minimum atomic E-state index is -4.36. The van der Waals surface area contributed by atoms with Crippen molar-refractivity contribution in [2.75, 3.05) is 13.2 Å². The van der Waals surface area contributed by atoms with Gasteiger partial charge in [0.05, 0.1) is 29.3 Å². The molecule has 3 aromatic carbocycles. The van der Waals surface area contributed by atoms with Crippen LogP contribution in [-0.2, 0) is 19.8 Å². The summed E-state index contributed by atoms with van der Waals surface area (Å²) in [6.07, 6.45) is -4.81. The lowest BCUT2D eigenvalue weighted by atomic mass is 9.99. The fraction of sp³-hybridized carbons (Fsp3) is 0.240. The molecule has 1 aliphatic rings. The van der Waals surface area contributed by atoms with Crippen molar-refractivity contribution < 1.29 is 17.9 Å². The van der Waals surface area contributed by atoms with E-state index in [1.807, 2.05) is 49.5 Å². The summed E-state index contributed by atoms with van der Waals surface area (Å²) < 4.78 is 46.7. The molecule has 0 saturated carbocycles. The number of alkyl halides is 3. The zero-order valence-corrected chi connectivity index (χ0v) is 18.0. The molecule has 5 nitrogen and oxygen atoms in total. The van der Waals surface area contributed by atoms with Crippen molar-refractivity contribution in [3.63, 3.8) is 0 Å². The number of nitrogens with zero attached hydrogens (tertiary/aromatic N) is 3. The number of benzene rings is 3. The van der Waals surface area contributed by atoms with Crippen LogP contribution in [0.4, 0.5) is 13.2 Å². The Kier molecular flexibility index (Phi) is 5.34. The van der Waals surface area contributed by atoms with E-state index in [0.717, 1.165) is 40.1 Å². The Morgan fingerprint density at radius 3 is 2.48 bits per heavy atom. The summed E-state index contributed by atoms with van der Waals surface area (Å²) in [5, 5.41) is 0. The number of ether oxygens (including phenoxy) is 1. The SMILES string of the molecule is Cn1c(CN2CCOc3ccc(-c4ccc(C(F)(F)F)cc4)cc3C2N)nc2ccccc21. The van der Waals surface area contributed by atoms with Crippen LogP contribution in [0.2, 0.25) is 0 Å². The Hall–Kier alpha value is -3.36. The van der Waals surface area contributed by atoms with E-state index >= 15 is 0 Å². The van der Waals surface area contributed by atoms with Crippen molar-refractivity contribution in [1.82, 2.24) is 14.5 Å². The highest BCUT2D eigenvalue weighted by molar-refractivity contribution is 5.75. The molecule has 0 aliphatic carbocycles. The largest absolute Gasteiger partial charge is 0.492 e. The van der Waals surface area contributed by atoms with E-state index in [2.05, 4.69) is 9.47 Å². The van der Waals surface area contributed by atoms with Crippen LogP contribution in [-0.4, -0.2) is 27.6 Å². The van der Waals surface area contributed by atoms with E-state index in [9.17, 15) is 13.2 Å². The van der Waals surface area contributed by atoms with Crippen molar-refractivity contribution in [2.45, 2.75) is 18.9 Å². The fourth-order valence-corrected chi connectivity index (χ4v) is 4.25. The molecular weight excluding hydrogens is 429 g/mol. The van der Waals surface area contributed by atoms with Gasteiger partial charge in [-0.15, -0.1) is 0 Å². The van der Waals surface area contributed by atoms with E-state index in [0.29, 0.717) is 31.0 Å². The third-order valence-corrected chi connectivity index (χ3v) is 6.13. The van der Waals surface area contributed by atoms with Gasteiger partial charge in [0.25, 0.3) is 0 Å². The van der Waals surface area contributed by atoms with Gasteiger partial charge in [0.15, 0.2) is 0 Å². The van der Waals surface area contributed by atoms with Crippen molar-refractivity contribution in [2.24, 2.45) is 12.8 Å². The summed E-state index contributed by atoms with van der Waals surface area (Å²) in [6, 6.07) is 18.7. The fourth-order valence-electron chi connectivity index (χ4n) is 4.25. The van der Waals surface area contributed by atoms with E-state index in [1.165, 1.54) is 12.1 Å². The minimum absolute atomic E-state index is 0.447. The zero-order valence-electron chi connectivity index (χ0n) is 18.0. The van der Waals surface area contributed by atoms with Crippen LogP contribution >= 0.6 is 0 Å². The summed E-state index contributed by atoms with van der Waals surface area (Å²) in [5.41, 5.74) is 10.2. The van der Waals surface area contributed by atoms with Crippen LogP contribution < -0.4 is 10.5 Å². The highest BCUT2D eigenvalue weighted by Crippen LogP contribution is 2.35. The second kappa shape index (κ2) is 8.20. The number of aromatic nitrogens is 2. The molecule has 170 valence electrons. The first-order valence-corrected chi connectivity index (χ1v) is 10.7. The van der Waals surface area contributed by atoms with Gasteiger partial charge >= 0.3 is 6.18 Å². The van der Waals surface area contributed by atoms with Crippen molar-refractivity contribution in [3.05, 3.63) is 83.7 Å². The maximum Gasteiger partial charge on any atom is 0.416 e. The number of fused-ring (bicyclic) bond motifs is 2. The molecule has 0 fully saturated rings. The van der Waals surface area contributed by atoms with Gasteiger partial charge in [-0.2, -0.15) is 13.2 Å². The average molecular weight is 452 g/mol. The molecule has 0 bridgehead atoms. The maximum absolute atomic E-state index is 12.9. The molecule has 2 heterocycles. The number of rotatable bonds is 3. The molecule has 0 spiro atoms. The normalized spacial score (nSPS) is 16.9. The molecule has 0 amide bonds. The molecule has 1 aromatic heterocycles. The highest BCUT2D eigenvalue weighted by atomic mass is 19.4. The standard InChI is InChI=1S/C25H23F3N4O/c1-31-21-5-3-2-4-20(21)30-23(31)15-32-12-13-33-22-11-8-17(14-19(22)24(32)29)16-6-9-18(10-7-16)25(26,27)28/h2-11,14,24H,12-13,15,29H2,1H3. The number of aryl methyl sites for hydroxylation is 1. The van der Waals surface area contributed by atoms with E-state index in [1.54, 1.807) is 0 Å². The number of imidazole rings is 1. The molecule has 4 aromatic rings. The summed E-state index contributed by atoms with van der Waals surface area (Å²) in [6.45, 7) is 1.64. The molecule has 0 saturated heterocycles. The summed E-state index contributed by atoms with van der Waals surface area (Å²) >= 11 is 0. The van der Waals surface area contributed by atoms with Crippen LogP contribution in [0, 0.1) is 0 Å². The van der Waals surface area contributed by atoms with Gasteiger partial charge in [0.1, 0.15) is 18.2 Å². The van der Waals surface area contributed by atoms with Crippen LogP contribution in [0.1, 0.15) is 23.1 Å². The predicted molar refractivity (Wildman–Crippen MR) is 120 cm³/mol. The predicted octanol–water partition coefficient (Wildman–Crippen LogP) is 5.11. The lowest BCUT2D eigenvalue weighted by Gasteiger charge is -2.26. The van der Waals surface area contributed by atoms with E-state index in [-0.39, 0.29) is 0 Å². The Labute approximate surface area is 189 Å². The van der Waals surface area contributed by atoms with Crippen LogP contribution in [0.5, 0.6) is 5.75 Å². The van der Waals surface area contributed by atoms with Crippen molar-refractivity contribution in [3.8, 4) is 16.9 Å². The smallest absolute Gasteiger partial charge is 0.416 e. The number of para-hydroxylation sites is 2. The van der Waals surface area contributed by atoms with Crippen molar-refractivity contribution in [1.29, 1.82) is 0 Å². The first-order valence-electron chi connectivity index (χ1n) is 10.7.